The molecule has 5 heteroatoms. The van der Waals surface area contributed by atoms with Crippen molar-refractivity contribution in [2.45, 2.75) is 11.8 Å². The van der Waals surface area contributed by atoms with Gasteiger partial charge in [0.05, 0.1) is 22.5 Å². The Balaban J connectivity index is 1.83. The Kier molecular flexibility index (Phi) is 3.73. The largest absolute Gasteiger partial charge is 0.494 e. The summed E-state index contributed by atoms with van der Waals surface area (Å²) < 4.78 is 0. The van der Waals surface area contributed by atoms with Gasteiger partial charge in [-0.3, -0.25) is 4.79 Å². The van der Waals surface area contributed by atoms with Gasteiger partial charge in [0.1, 0.15) is 0 Å². The van der Waals surface area contributed by atoms with Crippen molar-refractivity contribution in [2.75, 3.05) is 6.26 Å². The number of H-pyrrole nitrogens is 1. The lowest BCUT2D eigenvalue weighted by Gasteiger charge is -2.02. The van der Waals surface area contributed by atoms with E-state index in [0.29, 0.717) is 22.5 Å². The Morgan fingerprint density at radius 1 is 0.960 bits per heavy atom. The standard InChI is InChI=1S/C20H16N2O2S/c1-11-3-5-12(6-4-11)17-15-16(20(24)21-17)18(22-19(15)23)13-7-9-14(25-2)10-8-13/h3-10,22-23H,1-2H3. The molecule has 1 amide bonds. The molecule has 0 fully saturated rings. The number of aromatic amines is 1. The Morgan fingerprint density at radius 2 is 1.60 bits per heavy atom. The average Bonchev–Trinajstić information content (AvgIpc) is 3.15. The van der Waals surface area contributed by atoms with E-state index < -0.39 is 0 Å². The fourth-order valence-electron chi connectivity index (χ4n) is 3.04. The number of aromatic hydroxyl groups is 1. The van der Waals surface area contributed by atoms with Crippen LogP contribution in [0.25, 0.3) is 11.3 Å². The van der Waals surface area contributed by atoms with E-state index >= 15 is 0 Å². The normalized spacial score (nSPS) is 13.0. The molecule has 1 aliphatic rings. The van der Waals surface area contributed by atoms with Gasteiger partial charge in [0, 0.05) is 10.5 Å². The number of amides is 1. The van der Waals surface area contributed by atoms with Crippen LogP contribution in [0.3, 0.4) is 0 Å². The van der Waals surface area contributed by atoms with Gasteiger partial charge in [-0.2, -0.15) is 0 Å². The Hall–Kier alpha value is -2.79. The maximum absolute atomic E-state index is 12.5. The highest BCUT2D eigenvalue weighted by Gasteiger charge is 2.33. The Labute approximate surface area is 149 Å². The highest BCUT2D eigenvalue weighted by atomic mass is 32.2. The lowest BCUT2D eigenvalue weighted by molar-refractivity contribution is 0.101. The zero-order valence-electron chi connectivity index (χ0n) is 13.8. The quantitative estimate of drug-likeness (QED) is 0.689. The number of nitrogens with one attached hydrogen (secondary N) is 1. The first-order valence-corrected chi connectivity index (χ1v) is 9.10. The van der Waals surface area contributed by atoms with E-state index in [9.17, 15) is 9.90 Å². The highest BCUT2D eigenvalue weighted by molar-refractivity contribution is 7.98. The molecule has 2 aromatic carbocycles. The van der Waals surface area contributed by atoms with Gasteiger partial charge in [-0.25, -0.2) is 4.99 Å². The van der Waals surface area contributed by atoms with Gasteiger partial charge < -0.3 is 10.1 Å². The van der Waals surface area contributed by atoms with Crippen molar-refractivity contribution in [1.29, 1.82) is 0 Å². The third-order valence-corrected chi connectivity index (χ3v) is 5.09. The second kappa shape index (κ2) is 5.93. The van der Waals surface area contributed by atoms with Crippen LogP contribution in [0.2, 0.25) is 0 Å². The number of aryl methyl sites for hydroxylation is 1. The monoisotopic (exact) mass is 348 g/mol. The number of hydrogen-bond acceptors (Lipinski definition) is 3. The van der Waals surface area contributed by atoms with Crippen LogP contribution in [-0.4, -0.2) is 28.0 Å². The molecule has 2 heterocycles. The van der Waals surface area contributed by atoms with Crippen molar-refractivity contribution in [2.24, 2.45) is 4.99 Å². The first kappa shape index (κ1) is 15.7. The van der Waals surface area contributed by atoms with Gasteiger partial charge in [0.2, 0.25) is 0 Å². The van der Waals surface area contributed by atoms with E-state index in [2.05, 4.69) is 9.98 Å². The molecule has 0 saturated heterocycles. The fraction of sp³-hybridized carbons (Fsp3) is 0.100. The van der Waals surface area contributed by atoms with Crippen LogP contribution in [0.15, 0.2) is 58.4 Å². The first-order chi connectivity index (χ1) is 12.1. The van der Waals surface area contributed by atoms with Crippen molar-refractivity contribution in [3.8, 4) is 17.1 Å². The average molecular weight is 348 g/mol. The van der Waals surface area contributed by atoms with Crippen molar-refractivity contribution < 1.29 is 9.90 Å². The number of nitrogens with zero attached hydrogens (tertiary/aromatic N) is 1. The van der Waals surface area contributed by atoms with E-state index in [4.69, 9.17) is 0 Å². The zero-order chi connectivity index (χ0) is 17.6. The van der Waals surface area contributed by atoms with Gasteiger partial charge in [-0.05, 0) is 30.9 Å². The predicted octanol–water partition coefficient (Wildman–Crippen LogP) is 4.41. The number of aromatic nitrogens is 1. The highest BCUT2D eigenvalue weighted by Crippen LogP contribution is 2.38. The topological polar surface area (TPSA) is 65.4 Å². The molecule has 4 rings (SSSR count). The molecule has 1 aliphatic heterocycles. The van der Waals surface area contributed by atoms with Crippen molar-refractivity contribution in [3.05, 3.63) is 70.8 Å². The molecular formula is C20H16N2O2S. The summed E-state index contributed by atoms with van der Waals surface area (Å²) in [5, 5.41) is 10.4. The van der Waals surface area contributed by atoms with Gasteiger partial charge in [0.25, 0.3) is 5.91 Å². The van der Waals surface area contributed by atoms with E-state index in [1.165, 1.54) is 0 Å². The third kappa shape index (κ3) is 2.57. The minimum atomic E-state index is -0.328. The number of rotatable bonds is 3. The van der Waals surface area contributed by atoms with Gasteiger partial charge >= 0.3 is 0 Å². The lowest BCUT2D eigenvalue weighted by atomic mass is 9.99. The predicted molar refractivity (Wildman–Crippen MR) is 101 cm³/mol. The Bertz CT molecular complexity index is 999. The summed E-state index contributed by atoms with van der Waals surface area (Å²) in [4.78, 5) is 20.8. The molecule has 0 saturated carbocycles. The van der Waals surface area contributed by atoms with Crippen LogP contribution in [0.1, 0.15) is 27.0 Å². The molecular weight excluding hydrogens is 332 g/mol. The summed E-state index contributed by atoms with van der Waals surface area (Å²) in [5.41, 5.74) is 4.83. The van der Waals surface area contributed by atoms with Gasteiger partial charge in [0.15, 0.2) is 5.88 Å². The van der Waals surface area contributed by atoms with E-state index in [0.717, 1.165) is 21.6 Å². The molecule has 25 heavy (non-hydrogen) atoms. The van der Waals surface area contributed by atoms with Crippen LogP contribution < -0.4 is 0 Å². The van der Waals surface area contributed by atoms with E-state index in [1.807, 2.05) is 61.7 Å². The van der Waals surface area contributed by atoms with Crippen molar-refractivity contribution in [3.63, 3.8) is 0 Å². The molecule has 0 atom stereocenters. The molecule has 0 radical (unpaired) electrons. The SMILES string of the molecule is CSc1ccc(-c2[nH]c(O)c3c2C(=O)N=C3c2ccc(C)cc2)cc1. The number of carbonyl (C=O) groups is 1. The summed E-state index contributed by atoms with van der Waals surface area (Å²) in [7, 11) is 0. The molecule has 4 nitrogen and oxygen atoms in total. The Morgan fingerprint density at radius 3 is 2.24 bits per heavy atom. The fourth-order valence-corrected chi connectivity index (χ4v) is 3.45. The molecule has 0 aliphatic carbocycles. The first-order valence-electron chi connectivity index (χ1n) is 7.88. The second-order valence-electron chi connectivity index (χ2n) is 5.96. The minimum Gasteiger partial charge on any atom is -0.494 e. The molecule has 124 valence electrons. The number of thioether (sulfide) groups is 1. The van der Waals surface area contributed by atoms with Gasteiger partial charge in [-0.15, -0.1) is 11.8 Å². The van der Waals surface area contributed by atoms with Crippen molar-refractivity contribution in [1.82, 2.24) is 4.98 Å². The number of carbonyl (C=O) groups excluding carboxylic acids is 1. The number of hydrogen-bond donors (Lipinski definition) is 2. The number of fused-ring (bicyclic) bond motifs is 1. The summed E-state index contributed by atoms with van der Waals surface area (Å²) in [6, 6.07) is 15.6. The molecule has 0 unspecified atom stereocenters. The minimum absolute atomic E-state index is 0.0240. The maximum Gasteiger partial charge on any atom is 0.280 e. The van der Waals surface area contributed by atoms with Crippen LogP contribution >= 0.6 is 11.8 Å². The van der Waals surface area contributed by atoms with Crippen LogP contribution in [-0.2, 0) is 0 Å². The van der Waals surface area contributed by atoms with Crippen LogP contribution in [0.5, 0.6) is 5.88 Å². The smallest absolute Gasteiger partial charge is 0.280 e. The van der Waals surface area contributed by atoms with Crippen LogP contribution in [0, 0.1) is 6.92 Å². The molecule has 3 aromatic rings. The summed E-state index contributed by atoms with van der Waals surface area (Å²) in [6.45, 7) is 2.00. The van der Waals surface area contributed by atoms with E-state index in [-0.39, 0.29) is 11.8 Å². The second-order valence-corrected chi connectivity index (χ2v) is 6.84. The third-order valence-electron chi connectivity index (χ3n) is 4.35. The van der Waals surface area contributed by atoms with Gasteiger partial charge in [-0.1, -0.05) is 42.0 Å². The summed E-state index contributed by atoms with van der Waals surface area (Å²) in [5.74, 6) is -0.352. The maximum atomic E-state index is 12.5. The number of aliphatic imine (C=N–C) groups is 1. The zero-order valence-corrected chi connectivity index (χ0v) is 14.6. The summed E-state index contributed by atoms with van der Waals surface area (Å²) >= 11 is 1.65. The number of benzene rings is 2. The molecule has 0 bridgehead atoms. The molecule has 2 N–H and O–H groups in total. The van der Waals surface area contributed by atoms with Crippen molar-refractivity contribution >= 4 is 23.4 Å². The molecule has 0 spiro atoms. The lowest BCUT2D eigenvalue weighted by Crippen LogP contribution is -1.99. The van der Waals surface area contributed by atoms with Crippen LogP contribution in [0.4, 0.5) is 0 Å². The molecule has 1 aromatic heterocycles. The summed E-state index contributed by atoms with van der Waals surface area (Å²) in [6.07, 6.45) is 2.01. The van der Waals surface area contributed by atoms with E-state index in [1.54, 1.807) is 11.8 Å².